The number of dihydropyridines is 1. The van der Waals surface area contributed by atoms with Crippen LogP contribution in [0.5, 0.6) is 0 Å². The van der Waals surface area contributed by atoms with E-state index in [1.165, 1.54) is 0 Å². The molecule has 11 heavy (non-hydrogen) atoms. The highest BCUT2D eigenvalue weighted by molar-refractivity contribution is 7.85. The Kier molecular flexibility index (Phi) is 4.56. The molecule has 0 spiro atoms. The van der Waals surface area contributed by atoms with Crippen LogP contribution in [0.25, 0.3) is 0 Å². The molecule has 1 rings (SSSR count). The van der Waals surface area contributed by atoms with E-state index in [4.69, 9.17) is 4.55 Å². The largest absolute Gasteiger partial charge is 0.387 e. The fourth-order valence-electron chi connectivity index (χ4n) is 0.406. The van der Waals surface area contributed by atoms with Crippen LogP contribution in [0.3, 0.4) is 0 Å². The van der Waals surface area contributed by atoms with Gasteiger partial charge in [0, 0.05) is 6.54 Å². The zero-order valence-corrected chi connectivity index (χ0v) is 7.00. The van der Waals surface area contributed by atoms with Crippen LogP contribution < -0.4 is 5.32 Å². The standard InChI is InChI=1S/C5H7N.CH4O3S/c1-2-4-6-5-3-1;1-5(2,3)4/h1-4,6H,5H2;1H3,(H,2,3,4). The molecule has 64 valence electrons. The fraction of sp³-hybridized carbons (Fsp3) is 0.333. The summed E-state index contributed by atoms with van der Waals surface area (Å²) in [6.45, 7) is 0.983. The van der Waals surface area contributed by atoms with Crippen LogP contribution in [-0.4, -0.2) is 25.8 Å². The van der Waals surface area contributed by atoms with Gasteiger partial charge in [-0.15, -0.1) is 0 Å². The minimum atomic E-state index is -3.67. The molecule has 1 heterocycles. The smallest absolute Gasteiger partial charge is 0.261 e. The summed E-state index contributed by atoms with van der Waals surface area (Å²) in [4.78, 5) is 0. The van der Waals surface area contributed by atoms with Gasteiger partial charge in [0.25, 0.3) is 10.1 Å². The summed E-state index contributed by atoms with van der Waals surface area (Å²) in [6, 6.07) is 0. The molecule has 4 nitrogen and oxygen atoms in total. The third-order valence-electron chi connectivity index (χ3n) is 0.697. The third kappa shape index (κ3) is 17.6. The predicted octanol–water partition coefficient (Wildman–Crippen LogP) is 0.164. The van der Waals surface area contributed by atoms with E-state index in [-0.39, 0.29) is 0 Å². The van der Waals surface area contributed by atoms with Gasteiger partial charge in [-0.1, -0.05) is 12.2 Å². The van der Waals surface area contributed by atoms with Gasteiger partial charge in [0.1, 0.15) is 0 Å². The molecule has 0 aromatic carbocycles. The molecule has 0 amide bonds. The molecular formula is C6H11NO3S. The van der Waals surface area contributed by atoms with Crippen LogP contribution in [0.1, 0.15) is 0 Å². The van der Waals surface area contributed by atoms with Crippen LogP contribution >= 0.6 is 0 Å². The first-order chi connectivity index (χ1) is 5.00. The molecule has 1 aliphatic rings. The Hall–Kier alpha value is -0.810. The topological polar surface area (TPSA) is 66.4 Å². The lowest BCUT2D eigenvalue weighted by Gasteiger charge is -1.94. The molecule has 0 saturated carbocycles. The number of hydrogen-bond donors (Lipinski definition) is 2. The van der Waals surface area contributed by atoms with Gasteiger partial charge in [0.2, 0.25) is 0 Å². The third-order valence-corrected chi connectivity index (χ3v) is 0.697. The molecule has 0 saturated heterocycles. The maximum Gasteiger partial charge on any atom is 0.261 e. The van der Waals surface area contributed by atoms with Gasteiger partial charge in [0.05, 0.1) is 6.26 Å². The quantitative estimate of drug-likeness (QED) is 0.517. The van der Waals surface area contributed by atoms with Crippen LogP contribution in [-0.2, 0) is 10.1 Å². The van der Waals surface area contributed by atoms with E-state index < -0.39 is 10.1 Å². The fourth-order valence-corrected chi connectivity index (χ4v) is 0.406. The van der Waals surface area contributed by atoms with Gasteiger partial charge in [-0.2, -0.15) is 8.42 Å². The summed E-state index contributed by atoms with van der Waals surface area (Å²) in [5.74, 6) is 0. The zero-order valence-electron chi connectivity index (χ0n) is 6.19. The highest BCUT2D eigenvalue weighted by Gasteiger charge is 1.81. The van der Waals surface area contributed by atoms with E-state index in [9.17, 15) is 8.42 Å². The second kappa shape index (κ2) is 4.92. The molecule has 0 fully saturated rings. The lowest BCUT2D eigenvalue weighted by molar-refractivity contribution is 0.490. The average Bonchev–Trinajstić information content (AvgIpc) is 1.88. The van der Waals surface area contributed by atoms with Crippen molar-refractivity contribution in [3.8, 4) is 0 Å². The van der Waals surface area contributed by atoms with Crippen molar-refractivity contribution in [2.45, 2.75) is 0 Å². The highest BCUT2D eigenvalue weighted by Crippen LogP contribution is 1.78. The normalized spacial score (nSPS) is 14.7. The Labute approximate surface area is 66.4 Å². The van der Waals surface area contributed by atoms with Crippen molar-refractivity contribution in [1.29, 1.82) is 0 Å². The van der Waals surface area contributed by atoms with Crippen LogP contribution in [0, 0.1) is 0 Å². The molecule has 0 bridgehead atoms. The van der Waals surface area contributed by atoms with E-state index in [2.05, 4.69) is 11.4 Å². The van der Waals surface area contributed by atoms with Crippen LogP contribution in [0.4, 0.5) is 0 Å². The lowest BCUT2D eigenvalue weighted by Crippen LogP contribution is -2.05. The van der Waals surface area contributed by atoms with Gasteiger partial charge < -0.3 is 5.32 Å². The van der Waals surface area contributed by atoms with Crippen molar-refractivity contribution >= 4 is 10.1 Å². The van der Waals surface area contributed by atoms with E-state index >= 15 is 0 Å². The van der Waals surface area contributed by atoms with Crippen LogP contribution in [0.15, 0.2) is 24.4 Å². The first-order valence-electron chi connectivity index (χ1n) is 2.97. The minimum absolute atomic E-state index is 0.715. The first-order valence-corrected chi connectivity index (χ1v) is 4.82. The summed E-state index contributed by atoms with van der Waals surface area (Å²) >= 11 is 0. The van der Waals surface area contributed by atoms with E-state index in [0.29, 0.717) is 6.26 Å². The van der Waals surface area contributed by atoms with Gasteiger partial charge in [0.15, 0.2) is 0 Å². The molecule has 0 aliphatic carbocycles. The molecule has 0 aromatic rings. The number of rotatable bonds is 0. The van der Waals surface area contributed by atoms with Crippen molar-refractivity contribution < 1.29 is 13.0 Å². The van der Waals surface area contributed by atoms with Crippen molar-refractivity contribution in [3.63, 3.8) is 0 Å². The molecular weight excluding hydrogens is 166 g/mol. The number of nitrogens with one attached hydrogen (secondary N) is 1. The average molecular weight is 177 g/mol. The Bertz CT molecular complexity index is 221. The molecule has 2 N–H and O–H groups in total. The van der Waals surface area contributed by atoms with E-state index in [0.717, 1.165) is 6.54 Å². The van der Waals surface area contributed by atoms with Crippen molar-refractivity contribution in [1.82, 2.24) is 5.32 Å². The monoisotopic (exact) mass is 177 g/mol. The van der Waals surface area contributed by atoms with Crippen LogP contribution in [0.2, 0.25) is 0 Å². The SMILES string of the molecule is C1=CCNC=C1.CS(=O)(=O)O. The summed E-state index contributed by atoms with van der Waals surface area (Å²) in [5.41, 5.74) is 0. The molecule has 0 aromatic heterocycles. The summed E-state index contributed by atoms with van der Waals surface area (Å²) in [6.07, 6.45) is 8.72. The van der Waals surface area contributed by atoms with E-state index in [1.54, 1.807) is 0 Å². The number of hydrogen-bond acceptors (Lipinski definition) is 3. The molecule has 0 atom stereocenters. The Morgan fingerprint density at radius 1 is 1.45 bits per heavy atom. The second-order valence-corrected chi connectivity index (χ2v) is 3.39. The Morgan fingerprint density at radius 2 is 2.00 bits per heavy atom. The zero-order chi connectivity index (χ0) is 8.74. The van der Waals surface area contributed by atoms with Crippen molar-refractivity contribution in [3.05, 3.63) is 24.4 Å². The lowest BCUT2D eigenvalue weighted by atomic mass is 10.4. The molecule has 5 heteroatoms. The second-order valence-electron chi connectivity index (χ2n) is 1.93. The van der Waals surface area contributed by atoms with Gasteiger partial charge in [-0.25, -0.2) is 0 Å². The van der Waals surface area contributed by atoms with E-state index in [1.807, 2.05) is 18.4 Å². The molecule has 0 radical (unpaired) electrons. The molecule has 1 aliphatic heterocycles. The minimum Gasteiger partial charge on any atom is -0.387 e. The van der Waals surface area contributed by atoms with Gasteiger partial charge >= 0.3 is 0 Å². The first kappa shape index (κ1) is 10.2. The Balaban J connectivity index is 0.000000187. The number of allylic oxidation sites excluding steroid dienone is 2. The molecule has 0 unspecified atom stereocenters. The van der Waals surface area contributed by atoms with Gasteiger partial charge in [-0.05, 0) is 12.3 Å². The Morgan fingerprint density at radius 3 is 2.09 bits per heavy atom. The van der Waals surface area contributed by atoms with Crippen molar-refractivity contribution in [2.24, 2.45) is 0 Å². The summed E-state index contributed by atoms with van der Waals surface area (Å²) in [7, 11) is -3.67. The maximum atomic E-state index is 9.19. The van der Waals surface area contributed by atoms with Crippen molar-refractivity contribution in [2.75, 3.05) is 12.8 Å². The van der Waals surface area contributed by atoms with Gasteiger partial charge in [-0.3, -0.25) is 4.55 Å². The highest BCUT2D eigenvalue weighted by atomic mass is 32.2. The summed E-state index contributed by atoms with van der Waals surface area (Å²) < 4.78 is 25.9. The summed E-state index contributed by atoms with van der Waals surface area (Å²) in [5, 5.41) is 3.02. The predicted molar refractivity (Wildman–Crippen MR) is 43.8 cm³/mol. The maximum absolute atomic E-state index is 9.19.